The molecule has 2 aromatic heterocycles. The Morgan fingerprint density at radius 2 is 2.00 bits per heavy atom. The first-order valence-corrected chi connectivity index (χ1v) is 7.94. The van der Waals surface area contributed by atoms with Crippen LogP contribution in [-0.4, -0.2) is 28.4 Å². The highest BCUT2D eigenvalue weighted by molar-refractivity contribution is 7.92. The second-order valence-electron chi connectivity index (χ2n) is 4.72. The third kappa shape index (κ3) is 2.22. The van der Waals surface area contributed by atoms with Crippen molar-refractivity contribution >= 4 is 26.7 Å². The molecular weight excluding hydrogens is 336 g/mol. The molecule has 0 fully saturated rings. The minimum Gasteiger partial charge on any atom is -0.492 e. The number of pyridine rings is 1. The van der Waals surface area contributed by atoms with Gasteiger partial charge in [0.05, 0.1) is 10.4 Å². The molecule has 0 atom stereocenters. The largest absolute Gasteiger partial charge is 0.492 e. The van der Waals surface area contributed by atoms with E-state index in [1.54, 1.807) is 12.1 Å². The van der Waals surface area contributed by atoms with Crippen LogP contribution in [0.25, 0.3) is 10.9 Å². The van der Waals surface area contributed by atoms with Gasteiger partial charge >= 0.3 is 0 Å². The lowest BCUT2D eigenvalue weighted by Gasteiger charge is -2.13. The van der Waals surface area contributed by atoms with Crippen molar-refractivity contribution < 1.29 is 13.5 Å². The summed E-state index contributed by atoms with van der Waals surface area (Å²) in [6.07, 6.45) is 0. The molecule has 0 aliphatic rings. The number of nitrogens with one attached hydrogen (secondary N) is 2. The fraction of sp³-hybridized carbons (Fsp3) is 0. The molecular formula is C13H10N6O4S. The summed E-state index contributed by atoms with van der Waals surface area (Å²) >= 11 is 0. The van der Waals surface area contributed by atoms with Gasteiger partial charge < -0.3 is 10.8 Å². The molecule has 122 valence electrons. The molecule has 3 aromatic rings. The lowest BCUT2D eigenvalue weighted by atomic mass is 10.2. The highest BCUT2D eigenvalue weighted by atomic mass is 32.2. The minimum absolute atomic E-state index is 0.0762. The smallest absolute Gasteiger partial charge is 0.286 e. The Labute approximate surface area is 134 Å². The summed E-state index contributed by atoms with van der Waals surface area (Å²) in [6, 6.07) is 8.90. The fourth-order valence-electron chi connectivity index (χ4n) is 2.15. The number of nitriles is 1. The number of anilines is 1. The molecule has 10 nitrogen and oxygen atoms in total. The van der Waals surface area contributed by atoms with Crippen molar-refractivity contribution in [1.29, 1.82) is 5.26 Å². The molecule has 0 radical (unpaired) electrons. The van der Waals surface area contributed by atoms with E-state index in [4.69, 9.17) is 11.0 Å². The van der Waals surface area contributed by atoms with Crippen LogP contribution < -0.4 is 16.1 Å². The molecule has 0 amide bonds. The predicted molar refractivity (Wildman–Crippen MR) is 84.1 cm³/mol. The van der Waals surface area contributed by atoms with Gasteiger partial charge in [-0.15, -0.1) is 0 Å². The molecule has 0 aliphatic heterocycles. The molecule has 2 heterocycles. The molecule has 0 spiro atoms. The number of hydrogen-bond acceptors (Lipinski definition) is 7. The number of aromatic hydroxyl groups is 1. The van der Waals surface area contributed by atoms with Gasteiger partial charge in [0.2, 0.25) is 5.88 Å². The molecule has 0 saturated heterocycles. The molecule has 0 saturated carbocycles. The molecule has 5 N–H and O–H groups in total. The van der Waals surface area contributed by atoms with Crippen LogP contribution in [0.1, 0.15) is 5.56 Å². The topological polar surface area (TPSA) is 167 Å². The second-order valence-corrected chi connectivity index (χ2v) is 6.38. The van der Waals surface area contributed by atoms with Gasteiger partial charge in [0.15, 0.2) is 5.82 Å². The number of sulfonamides is 1. The van der Waals surface area contributed by atoms with Gasteiger partial charge in [-0.1, -0.05) is 18.2 Å². The van der Waals surface area contributed by atoms with E-state index in [9.17, 15) is 18.3 Å². The number of fused-ring (bicyclic) bond motifs is 1. The van der Waals surface area contributed by atoms with E-state index in [1.165, 1.54) is 24.3 Å². The molecule has 0 aliphatic carbocycles. The maximum Gasteiger partial charge on any atom is 0.286 e. The molecule has 1 aromatic carbocycles. The average Bonchev–Trinajstić information content (AvgIpc) is 2.94. The zero-order valence-electron chi connectivity index (χ0n) is 11.9. The summed E-state index contributed by atoms with van der Waals surface area (Å²) in [5.41, 5.74) is 4.16. The minimum atomic E-state index is -4.18. The van der Waals surface area contributed by atoms with Crippen LogP contribution in [0.4, 0.5) is 5.82 Å². The quantitative estimate of drug-likeness (QED) is 0.510. The van der Waals surface area contributed by atoms with Crippen LogP contribution in [0, 0.1) is 11.3 Å². The van der Waals surface area contributed by atoms with E-state index in [1.807, 2.05) is 4.83 Å². The van der Waals surface area contributed by atoms with Crippen molar-refractivity contribution in [3.8, 4) is 11.9 Å². The van der Waals surface area contributed by atoms with Crippen molar-refractivity contribution in [3.63, 3.8) is 0 Å². The summed E-state index contributed by atoms with van der Waals surface area (Å²) in [6.45, 7) is 0. The van der Waals surface area contributed by atoms with Crippen molar-refractivity contribution in [3.05, 3.63) is 46.2 Å². The Balaban J connectivity index is 2.26. The Morgan fingerprint density at radius 1 is 1.33 bits per heavy atom. The van der Waals surface area contributed by atoms with Crippen LogP contribution in [-0.2, 0) is 10.0 Å². The summed E-state index contributed by atoms with van der Waals surface area (Å²) in [5, 5.41) is 25.0. The van der Waals surface area contributed by atoms with Gasteiger partial charge in [-0.25, -0.2) is 4.83 Å². The number of aromatic amines is 1. The fourth-order valence-corrected chi connectivity index (χ4v) is 3.18. The molecule has 0 unspecified atom stereocenters. The SMILES string of the molecule is N#Cc1c(O)n(NS(=O)(=O)c2ccccc2)c(=O)c2c(N)n[nH]c12. The standard InChI is InChI=1S/C13H10N6O4S/c14-6-8-10-9(11(15)17-16-10)13(21)19(12(8)20)18-24(22,23)7-4-2-1-3-5-7/h1-5,18,20H,(H3,15,16,17). The van der Waals surface area contributed by atoms with Crippen molar-refractivity contribution in [1.82, 2.24) is 14.9 Å². The molecule has 0 bridgehead atoms. The van der Waals surface area contributed by atoms with Gasteiger partial charge in [-0.3, -0.25) is 9.89 Å². The monoisotopic (exact) mass is 346 g/mol. The lowest BCUT2D eigenvalue weighted by Crippen LogP contribution is -2.33. The number of benzene rings is 1. The zero-order chi connectivity index (χ0) is 17.5. The summed E-state index contributed by atoms with van der Waals surface area (Å²) in [7, 11) is -4.18. The first-order chi connectivity index (χ1) is 11.4. The maximum absolute atomic E-state index is 12.4. The van der Waals surface area contributed by atoms with Crippen molar-refractivity contribution in [2.75, 3.05) is 10.6 Å². The van der Waals surface area contributed by atoms with E-state index in [2.05, 4.69) is 10.2 Å². The Bertz CT molecular complexity index is 1140. The number of nitrogen functional groups attached to an aromatic ring is 1. The highest BCUT2D eigenvalue weighted by Gasteiger charge is 2.23. The van der Waals surface area contributed by atoms with Crippen LogP contribution in [0.15, 0.2) is 40.0 Å². The van der Waals surface area contributed by atoms with Crippen molar-refractivity contribution in [2.24, 2.45) is 0 Å². The molecule has 3 rings (SSSR count). The normalized spacial score (nSPS) is 11.3. The Hall–Kier alpha value is -3.52. The number of hydrogen-bond donors (Lipinski definition) is 4. The lowest BCUT2D eigenvalue weighted by molar-refractivity contribution is 0.428. The van der Waals surface area contributed by atoms with Gasteiger partial charge in [0.1, 0.15) is 17.0 Å². The third-order valence-electron chi connectivity index (χ3n) is 3.27. The Kier molecular flexibility index (Phi) is 3.39. The van der Waals surface area contributed by atoms with Crippen LogP contribution >= 0.6 is 0 Å². The molecule has 11 heteroatoms. The maximum atomic E-state index is 12.4. The van der Waals surface area contributed by atoms with Gasteiger partial charge in [0, 0.05) is 0 Å². The van der Waals surface area contributed by atoms with E-state index >= 15 is 0 Å². The van der Waals surface area contributed by atoms with Gasteiger partial charge in [0.25, 0.3) is 15.6 Å². The van der Waals surface area contributed by atoms with Gasteiger partial charge in [-0.05, 0) is 12.1 Å². The van der Waals surface area contributed by atoms with Gasteiger partial charge in [-0.2, -0.15) is 23.5 Å². The number of nitrogens with two attached hydrogens (primary N) is 1. The van der Waals surface area contributed by atoms with E-state index in [0.29, 0.717) is 4.68 Å². The first-order valence-electron chi connectivity index (χ1n) is 6.46. The number of aromatic nitrogens is 3. The van der Waals surface area contributed by atoms with Crippen LogP contribution in [0.2, 0.25) is 0 Å². The third-order valence-corrected chi connectivity index (χ3v) is 4.59. The van der Waals surface area contributed by atoms with E-state index in [0.717, 1.165) is 0 Å². The summed E-state index contributed by atoms with van der Waals surface area (Å²) in [5.74, 6) is -1.10. The average molecular weight is 346 g/mol. The van der Waals surface area contributed by atoms with Crippen LogP contribution in [0.3, 0.4) is 0 Å². The zero-order valence-corrected chi connectivity index (χ0v) is 12.7. The summed E-state index contributed by atoms with van der Waals surface area (Å²) in [4.78, 5) is 14.2. The predicted octanol–water partition coefficient (Wildman–Crippen LogP) is -0.184. The van der Waals surface area contributed by atoms with E-state index < -0.39 is 21.5 Å². The van der Waals surface area contributed by atoms with E-state index in [-0.39, 0.29) is 27.2 Å². The molecule has 24 heavy (non-hydrogen) atoms. The highest BCUT2D eigenvalue weighted by Crippen LogP contribution is 2.24. The number of rotatable bonds is 3. The second kappa shape index (κ2) is 5.28. The first kappa shape index (κ1) is 15.4. The van der Waals surface area contributed by atoms with Crippen LogP contribution in [0.5, 0.6) is 5.88 Å². The number of nitrogens with zero attached hydrogens (tertiary/aromatic N) is 3. The Morgan fingerprint density at radius 3 is 2.62 bits per heavy atom. The van der Waals surface area contributed by atoms with Crippen molar-refractivity contribution in [2.45, 2.75) is 4.90 Å². The number of H-pyrrole nitrogens is 1. The summed E-state index contributed by atoms with van der Waals surface area (Å²) < 4.78 is 25.0.